The number of carboxylic acids is 2. The monoisotopic (exact) mass is 260 g/mol. The topological polar surface area (TPSA) is 147 Å². The minimum atomic E-state index is -1.30. The molecule has 0 aromatic heterocycles. The Kier molecular flexibility index (Phi) is 6.40. The van der Waals surface area contributed by atoms with Crippen LogP contribution in [0.15, 0.2) is 0 Å². The molecule has 0 aromatic carbocycles. The standard InChI is InChI=1S/C10H16N2O6/c1-5(4-8(14)15)9(16)12-6(10(17)18)2-3-7(11)13/h5-6H,2-4H2,1H3,(H2,11,13)(H,12,16)(H,14,15)(H,17,18)/t5?,6-/m0/s1. The number of primary amides is 1. The Bertz CT molecular complexity index is 354. The van der Waals surface area contributed by atoms with Gasteiger partial charge in [-0.05, 0) is 6.42 Å². The van der Waals surface area contributed by atoms with Crippen molar-refractivity contribution in [2.24, 2.45) is 11.7 Å². The number of nitrogens with two attached hydrogens (primary N) is 1. The van der Waals surface area contributed by atoms with Crippen molar-refractivity contribution in [3.63, 3.8) is 0 Å². The molecule has 18 heavy (non-hydrogen) atoms. The third-order valence-corrected chi connectivity index (χ3v) is 2.22. The van der Waals surface area contributed by atoms with Gasteiger partial charge in [0.05, 0.1) is 6.42 Å². The molecule has 5 N–H and O–H groups in total. The summed E-state index contributed by atoms with van der Waals surface area (Å²) in [5.74, 6) is -4.66. The van der Waals surface area contributed by atoms with Gasteiger partial charge in [0, 0.05) is 12.3 Å². The third-order valence-electron chi connectivity index (χ3n) is 2.22. The predicted octanol–water partition coefficient (Wildman–Crippen LogP) is -1.07. The lowest BCUT2D eigenvalue weighted by atomic mass is 10.1. The molecular formula is C10H16N2O6. The zero-order chi connectivity index (χ0) is 14.3. The zero-order valence-electron chi connectivity index (χ0n) is 9.88. The van der Waals surface area contributed by atoms with E-state index in [9.17, 15) is 19.2 Å². The first kappa shape index (κ1) is 15.9. The summed E-state index contributed by atoms with van der Waals surface area (Å²) in [6, 6.07) is -1.25. The summed E-state index contributed by atoms with van der Waals surface area (Å²) in [5.41, 5.74) is 4.88. The van der Waals surface area contributed by atoms with Crippen LogP contribution in [0.1, 0.15) is 26.2 Å². The maximum atomic E-state index is 11.5. The summed E-state index contributed by atoms with van der Waals surface area (Å²) in [4.78, 5) is 43.2. The van der Waals surface area contributed by atoms with E-state index in [0.29, 0.717) is 0 Å². The van der Waals surface area contributed by atoms with Crippen molar-refractivity contribution in [2.75, 3.05) is 0 Å². The number of hydrogen-bond acceptors (Lipinski definition) is 4. The highest BCUT2D eigenvalue weighted by atomic mass is 16.4. The van der Waals surface area contributed by atoms with Crippen molar-refractivity contribution < 1.29 is 29.4 Å². The van der Waals surface area contributed by atoms with Gasteiger partial charge in [-0.3, -0.25) is 14.4 Å². The Balaban J connectivity index is 4.40. The van der Waals surface area contributed by atoms with Gasteiger partial charge in [-0.15, -0.1) is 0 Å². The van der Waals surface area contributed by atoms with Gasteiger partial charge in [0.25, 0.3) is 0 Å². The molecule has 8 nitrogen and oxygen atoms in total. The maximum absolute atomic E-state index is 11.5. The number of carbonyl (C=O) groups excluding carboxylic acids is 2. The largest absolute Gasteiger partial charge is 0.481 e. The Labute approximate surface area is 103 Å². The molecule has 0 spiro atoms. The lowest BCUT2D eigenvalue weighted by molar-refractivity contribution is -0.143. The van der Waals surface area contributed by atoms with Gasteiger partial charge < -0.3 is 21.3 Å². The molecule has 0 fully saturated rings. The van der Waals surface area contributed by atoms with Gasteiger partial charge in [0.1, 0.15) is 6.04 Å². The summed E-state index contributed by atoms with van der Waals surface area (Å²) in [7, 11) is 0. The summed E-state index contributed by atoms with van der Waals surface area (Å²) in [6.07, 6.45) is -0.700. The fraction of sp³-hybridized carbons (Fsp3) is 0.600. The second-order valence-corrected chi connectivity index (χ2v) is 3.90. The van der Waals surface area contributed by atoms with Gasteiger partial charge in [0.2, 0.25) is 11.8 Å². The molecule has 0 heterocycles. The minimum Gasteiger partial charge on any atom is -0.481 e. The van der Waals surface area contributed by atoms with Crippen LogP contribution in [-0.2, 0) is 19.2 Å². The number of carbonyl (C=O) groups is 4. The second kappa shape index (κ2) is 7.25. The average Bonchev–Trinajstić information content (AvgIpc) is 2.21. The molecule has 0 radical (unpaired) electrons. The van der Waals surface area contributed by atoms with E-state index in [1.54, 1.807) is 0 Å². The van der Waals surface area contributed by atoms with Crippen molar-refractivity contribution in [3.8, 4) is 0 Å². The molecule has 0 saturated heterocycles. The van der Waals surface area contributed by atoms with Gasteiger partial charge in [0.15, 0.2) is 0 Å². The molecule has 0 rings (SSSR count). The summed E-state index contributed by atoms with van der Waals surface area (Å²) >= 11 is 0. The Morgan fingerprint density at radius 2 is 1.78 bits per heavy atom. The molecule has 102 valence electrons. The quantitative estimate of drug-likeness (QED) is 0.437. The summed E-state index contributed by atoms with van der Waals surface area (Å²) < 4.78 is 0. The molecule has 0 aromatic rings. The van der Waals surface area contributed by atoms with E-state index in [0.717, 1.165) is 0 Å². The number of amides is 2. The van der Waals surface area contributed by atoms with E-state index in [-0.39, 0.29) is 12.8 Å². The van der Waals surface area contributed by atoms with E-state index in [1.807, 2.05) is 0 Å². The van der Waals surface area contributed by atoms with Crippen LogP contribution in [0.3, 0.4) is 0 Å². The van der Waals surface area contributed by atoms with E-state index in [4.69, 9.17) is 15.9 Å². The highest BCUT2D eigenvalue weighted by Gasteiger charge is 2.24. The fourth-order valence-electron chi connectivity index (χ4n) is 1.21. The van der Waals surface area contributed by atoms with Crippen LogP contribution in [0.4, 0.5) is 0 Å². The smallest absolute Gasteiger partial charge is 0.326 e. The van der Waals surface area contributed by atoms with Gasteiger partial charge in [-0.25, -0.2) is 4.79 Å². The van der Waals surface area contributed by atoms with E-state index in [1.165, 1.54) is 6.92 Å². The molecule has 2 atom stereocenters. The normalized spacial score (nSPS) is 13.4. The highest BCUT2D eigenvalue weighted by Crippen LogP contribution is 2.04. The fourth-order valence-corrected chi connectivity index (χ4v) is 1.21. The Morgan fingerprint density at radius 1 is 1.22 bits per heavy atom. The maximum Gasteiger partial charge on any atom is 0.326 e. The van der Waals surface area contributed by atoms with Crippen LogP contribution in [0.25, 0.3) is 0 Å². The van der Waals surface area contributed by atoms with Crippen molar-refractivity contribution in [1.29, 1.82) is 0 Å². The third kappa shape index (κ3) is 6.46. The van der Waals surface area contributed by atoms with Crippen LogP contribution in [0.2, 0.25) is 0 Å². The number of rotatable bonds is 8. The lowest BCUT2D eigenvalue weighted by Crippen LogP contribution is -2.44. The Hall–Kier alpha value is -2.12. The first-order chi connectivity index (χ1) is 8.23. The predicted molar refractivity (Wildman–Crippen MR) is 59.4 cm³/mol. The SMILES string of the molecule is CC(CC(=O)O)C(=O)N[C@@H](CCC(N)=O)C(=O)O. The molecule has 8 heteroatoms. The molecule has 0 aliphatic carbocycles. The van der Waals surface area contributed by atoms with E-state index >= 15 is 0 Å². The lowest BCUT2D eigenvalue weighted by Gasteiger charge is -2.16. The molecule has 2 amide bonds. The molecule has 1 unspecified atom stereocenters. The summed E-state index contributed by atoms with van der Waals surface area (Å²) in [5, 5.41) is 19.5. The van der Waals surface area contributed by atoms with Crippen LogP contribution in [0, 0.1) is 5.92 Å². The van der Waals surface area contributed by atoms with Crippen molar-refractivity contribution >= 4 is 23.8 Å². The molecule has 0 aliphatic heterocycles. The first-order valence-electron chi connectivity index (χ1n) is 5.27. The number of carboxylic acid groups (broad SMARTS) is 2. The highest BCUT2D eigenvalue weighted by molar-refractivity contribution is 5.87. The molecule has 0 aliphatic rings. The van der Waals surface area contributed by atoms with Gasteiger partial charge in [-0.2, -0.15) is 0 Å². The number of hydrogen-bond donors (Lipinski definition) is 4. The Morgan fingerprint density at radius 3 is 2.17 bits per heavy atom. The van der Waals surface area contributed by atoms with E-state index < -0.39 is 42.1 Å². The number of aliphatic carboxylic acids is 2. The van der Waals surface area contributed by atoms with Crippen molar-refractivity contribution in [1.82, 2.24) is 5.32 Å². The molecule has 0 saturated carbocycles. The van der Waals surface area contributed by atoms with Crippen LogP contribution in [-0.4, -0.2) is 40.0 Å². The van der Waals surface area contributed by atoms with Crippen molar-refractivity contribution in [2.45, 2.75) is 32.2 Å². The van der Waals surface area contributed by atoms with Gasteiger partial charge in [-0.1, -0.05) is 6.92 Å². The molecular weight excluding hydrogens is 244 g/mol. The van der Waals surface area contributed by atoms with Crippen LogP contribution in [0.5, 0.6) is 0 Å². The van der Waals surface area contributed by atoms with Crippen LogP contribution < -0.4 is 11.1 Å². The average molecular weight is 260 g/mol. The minimum absolute atomic E-state index is 0.129. The zero-order valence-corrected chi connectivity index (χ0v) is 9.88. The number of nitrogens with one attached hydrogen (secondary N) is 1. The van der Waals surface area contributed by atoms with Crippen molar-refractivity contribution in [3.05, 3.63) is 0 Å². The first-order valence-corrected chi connectivity index (χ1v) is 5.27. The molecule has 0 bridgehead atoms. The van der Waals surface area contributed by atoms with E-state index in [2.05, 4.69) is 5.32 Å². The summed E-state index contributed by atoms with van der Waals surface area (Å²) in [6.45, 7) is 1.37. The second-order valence-electron chi connectivity index (χ2n) is 3.90. The van der Waals surface area contributed by atoms with Crippen LogP contribution >= 0.6 is 0 Å². The van der Waals surface area contributed by atoms with Gasteiger partial charge >= 0.3 is 11.9 Å².